The molecular weight excluding hydrogens is 221 g/mol. The molecule has 0 fully saturated rings. The maximum absolute atomic E-state index is 13.4. The molecule has 6 heteroatoms. The second-order valence-electron chi connectivity index (χ2n) is 2.94. The van der Waals surface area contributed by atoms with E-state index in [1.165, 1.54) is 6.07 Å². The number of nitrogens with one attached hydrogen (secondary N) is 1. The molecule has 1 aromatic heterocycles. The fourth-order valence-electron chi connectivity index (χ4n) is 1.40. The van der Waals surface area contributed by atoms with Crippen molar-refractivity contribution >= 4 is 21.0 Å². The van der Waals surface area contributed by atoms with Crippen LogP contribution in [0.4, 0.5) is 4.39 Å². The van der Waals surface area contributed by atoms with E-state index in [2.05, 4.69) is 9.17 Å². The molecule has 2 aromatic rings. The third-order valence-electron chi connectivity index (χ3n) is 2.10. The van der Waals surface area contributed by atoms with E-state index in [1.54, 1.807) is 12.3 Å². The molecular formula is C9H8FNO3S. The van der Waals surface area contributed by atoms with Crippen molar-refractivity contribution in [3.05, 3.63) is 30.2 Å². The first-order valence-corrected chi connectivity index (χ1v) is 5.53. The number of benzene rings is 1. The summed E-state index contributed by atoms with van der Waals surface area (Å²) < 4.78 is 40.6. The van der Waals surface area contributed by atoms with Gasteiger partial charge in [-0.2, -0.15) is 8.42 Å². The molecule has 15 heavy (non-hydrogen) atoms. The number of H-pyrrole nitrogens is 1. The first-order valence-electron chi connectivity index (χ1n) is 4.12. The number of aromatic nitrogens is 1. The predicted molar refractivity (Wildman–Crippen MR) is 52.5 cm³/mol. The van der Waals surface area contributed by atoms with Crippen molar-refractivity contribution in [2.24, 2.45) is 0 Å². The summed E-state index contributed by atoms with van der Waals surface area (Å²) in [6.45, 7) is 0. The summed E-state index contributed by atoms with van der Waals surface area (Å²) in [4.78, 5) is 2.22. The number of hydrogen-bond acceptors (Lipinski definition) is 3. The Kier molecular flexibility index (Phi) is 2.24. The van der Waals surface area contributed by atoms with Gasteiger partial charge in [-0.25, -0.2) is 4.39 Å². The SMILES string of the molecule is COS(=O)(=O)c1c(F)ccc2cc[nH]c12. The molecule has 0 unspecified atom stereocenters. The Balaban J connectivity index is 2.89. The van der Waals surface area contributed by atoms with Crippen molar-refractivity contribution in [3.8, 4) is 0 Å². The maximum Gasteiger partial charge on any atom is 0.301 e. The Bertz CT molecular complexity index is 603. The molecule has 0 atom stereocenters. The lowest BCUT2D eigenvalue weighted by Gasteiger charge is -2.04. The Morgan fingerprint density at radius 1 is 1.33 bits per heavy atom. The lowest BCUT2D eigenvalue weighted by atomic mass is 10.2. The number of fused-ring (bicyclic) bond motifs is 1. The van der Waals surface area contributed by atoms with Gasteiger partial charge in [0.05, 0.1) is 12.6 Å². The van der Waals surface area contributed by atoms with Crippen LogP contribution in [0.25, 0.3) is 10.9 Å². The summed E-state index contributed by atoms with van der Waals surface area (Å²) in [5, 5.41) is 0.618. The third kappa shape index (κ3) is 1.51. The van der Waals surface area contributed by atoms with Gasteiger partial charge in [0.25, 0.3) is 0 Å². The standard InChI is InChI=1S/C9H8FNO3S/c1-14-15(12,13)9-7(10)3-2-6-4-5-11-8(6)9/h2-5,11H,1H3. The van der Waals surface area contributed by atoms with Crippen LogP contribution >= 0.6 is 0 Å². The molecule has 80 valence electrons. The second-order valence-corrected chi connectivity index (χ2v) is 4.59. The quantitative estimate of drug-likeness (QED) is 0.796. The Morgan fingerprint density at radius 3 is 2.73 bits per heavy atom. The van der Waals surface area contributed by atoms with Crippen molar-refractivity contribution < 1.29 is 17.0 Å². The van der Waals surface area contributed by atoms with Crippen LogP contribution in [0.3, 0.4) is 0 Å². The van der Waals surface area contributed by atoms with Crippen molar-refractivity contribution in [1.82, 2.24) is 4.98 Å². The van der Waals surface area contributed by atoms with Crippen LogP contribution in [-0.4, -0.2) is 20.5 Å². The zero-order chi connectivity index (χ0) is 11.1. The molecule has 0 spiro atoms. The van der Waals surface area contributed by atoms with Gasteiger partial charge in [0.15, 0.2) is 4.90 Å². The van der Waals surface area contributed by atoms with Gasteiger partial charge >= 0.3 is 10.1 Å². The predicted octanol–water partition coefficient (Wildman–Crippen LogP) is 1.64. The first kappa shape index (κ1) is 10.1. The molecule has 2 rings (SSSR count). The van der Waals surface area contributed by atoms with Crippen LogP contribution < -0.4 is 0 Å². The van der Waals surface area contributed by atoms with Crippen LogP contribution in [0.5, 0.6) is 0 Å². The van der Waals surface area contributed by atoms with Gasteiger partial charge in [-0.05, 0) is 18.2 Å². The molecule has 0 aliphatic heterocycles. The minimum absolute atomic E-state index is 0.219. The Labute approximate surface area is 85.8 Å². The largest absolute Gasteiger partial charge is 0.360 e. The van der Waals surface area contributed by atoms with E-state index in [9.17, 15) is 12.8 Å². The van der Waals surface area contributed by atoms with Crippen LogP contribution in [0.2, 0.25) is 0 Å². The third-order valence-corrected chi connectivity index (χ3v) is 3.44. The highest BCUT2D eigenvalue weighted by Crippen LogP contribution is 2.25. The molecule has 4 nitrogen and oxygen atoms in total. The summed E-state index contributed by atoms with van der Waals surface area (Å²) in [6, 6.07) is 4.25. The van der Waals surface area contributed by atoms with Gasteiger partial charge in [0, 0.05) is 11.6 Å². The van der Waals surface area contributed by atoms with Gasteiger partial charge in [-0.3, -0.25) is 4.18 Å². The summed E-state index contributed by atoms with van der Waals surface area (Å²) in [6.07, 6.45) is 1.54. The summed E-state index contributed by atoms with van der Waals surface area (Å²) >= 11 is 0. The summed E-state index contributed by atoms with van der Waals surface area (Å²) in [5.74, 6) is -0.827. The highest BCUT2D eigenvalue weighted by molar-refractivity contribution is 7.87. The van der Waals surface area contributed by atoms with E-state index in [4.69, 9.17) is 0 Å². The zero-order valence-corrected chi connectivity index (χ0v) is 8.64. The van der Waals surface area contributed by atoms with Crippen molar-refractivity contribution in [2.75, 3.05) is 7.11 Å². The molecule has 1 heterocycles. The lowest BCUT2D eigenvalue weighted by Crippen LogP contribution is -2.06. The average Bonchev–Trinajstić information content (AvgIpc) is 2.64. The van der Waals surface area contributed by atoms with Crippen molar-refractivity contribution in [1.29, 1.82) is 0 Å². The Morgan fingerprint density at radius 2 is 2.07 bits per heavy atom. The minimum Gasteiger partial charge on any atom is -0.360 e. The zero-order valence-electron chi connectivity index (χ0n) is 7.82. The molecule has 0 saturated carbocycles. The Hall–Kier alpha value is -1.40. The van der Waals surface area contributed by atoms with Crippen molar-refractivity contribution in [2.45, 2.75) is 4.90 Å². The number of aromatic amines is 1. The topological polar surface area (TPSA) is 59.2 Å². The maximum atomic E-state index is 13.4. The smallest absolute Gasteiger partial charge is 0.301 e. The van der Waals surface area contributed by atoms with Crippen LogP contribution in [-0.2, 0) is 14.3 Å². The molecule has 0 bridgehead atoms. The van der Waals surface area contributed by atoms with Gasteiger partial charge in [0.2, 0.25) is 0 Å². The first-order chi connectivity index (χ1) is 7.06. The van der Waals surface area contributed by atoms with E-state index in [1.807, 2.05) is 0 Å². The van der Waals surface area contributed by atoms with E-state index in [0.29, 0.717) is 5.39 Å². The van der Waals surface area contributed by atoms with Crippen molar-refractivity contribution in [3.63, 3.8) is 0 Å². The monoisotopic (exact) mass is 229 g/mol. The highest BCUT2D eigenvalue weighted by atomic mass is 32.2. The fourth-order valence-corrected chi connectivity index (χ4v) is 2.30. The molecule has 0 saturated heterocycles. The van der Waals surface area contributed by atoms with Crippen LogP contribution in [0.15, 0.2) is 29.3 Å². The van der Waals surface area contributed by atoms with Crippen LogP contribution in [0, 0.1) is 5.82 Å². The molecule has 0 radical (unpaired) electrons. The van der Waals surface area contributed by atoms with E-state index >= 15 is 0 Å². The molecule has 1 aromatic carbocycles. The normalized spacial score (nSPS) is 12.1. The number of rotatable bonds is 2. The second kappa shape index (κ2) is 3.32. The minimum atomic E-state index is -4.03. The number of hydrogen-bond donors (Lipinski definition) is 1. The van der Waals surface area contributed by atoms with E-state index < -0.39 is 20.8 Å². The lowest BCUT2D eigenvalue weighted by molar-refractivity contribution is 0.394. The van der Waals surface area contributed by atoms with Gasteiger partial charge in [-0.15, -0.1) is 0 Å². The van der Waals surface area contributed by atoms with Crippen LogP contribution in [0.1, 0.15) is 0 Å². The van der Waals surface area contributed by atoms with Gasteiger partial charge < -0.3 is 4.98 Å². The summed E-state index contributed by atoms with van der Waals surface area (Å²) in [7, 11) is -3.04. The molecule has 0 amide bonds. The van der Waals surface area contributed by atoms with Gasteiger partial charge in [0.1, 0.15) is 5.82 Å². The average molecular weight is 229 g/mol. The van der Waals surface area contributed by atoms with Gasteiger partial charge in [-0.1, -0.05) is 0 Å². The molecule has 0 aliphatic carbocycles. The summed E-state index contributed by atoms with van der Waals surface area (Å²) in [5.41, 5.74) is 0.219. The number of halogens is 1. The van der Waals surface area contributed by atoms with E-state index in [-0.39, 0.29) is 5.52 Å². The molecule has 0 aliphatic rings. The molecule has 1 N–H and O–H groups in total. The fraction of sp³-hybridized carbons (Fsp3) is 0.111. The van der Waals surface area contributed by atoms with E-state index in [0.717, 1.165) is 13.2 Å². The highest BCUT2D eigenvalue weighted by Gasteiger charge is 2.22.